The van der Waals surface area contributed by atoms with E-state index in [1.807, 2.05) is 12.1 Å². The SMILES string of the molecule is CNC(CCc1ccc(OC)cc1)C(C)c1ccccc1. The second-order valence-electron chi connectivity index (χ2n) is 5.48. The molecule has 2 unspecified atom stereocenters. The smallest absolute Gasteiger partial charge is 0.118 e. The van der Waals surface area contributed by atoms with E-state index < -0.39 is 0 Å². The summed E-state index contributed by atoms with van der Waals surface area (Å²) in [4.78, 5) is 0. The van der Waals surface area contributed by atoms with Gasteiger partial charge < -0.3 is 10.1 Å². The Kier molecular flexibility index (Phi) is 5.82. The van der Waals surface area contributed by atoms with E-state index in [9.17, 15) is 0 Å². The Morgan fingerprint density at radius 2 is 1.67 bits per heavy atom. The summed E-state index contributed by atoms with van der Waals surface area (Å²) in [5.74, 6) is 1.43. The fourth-order valence-corrected chi connectivity index (χ4v) is 2.75. The van der Waals surface area contributed by atoms with Gasteiger partial charge in [-0.1, -0.05) is 49.4 Å². The topological polar surface area (TPSA) is 21.3 Å². The molecule has 2 aromatic carbocycles. The summed E-state index contributed by atoms with van der Waals surface area (Å²) < 4.78 is 5.20. The fraction of sp³-hybridized carbons (Fsp3) is 0.368. The van der Waals surface area contributed by atoms with E-state index in [0.717, 1.165) is 18.6 Å². The van der Waals surface area contributed by atoms with Crippen LogP contribution in [-0.4, -0.2) is 20.2 Å². The van der Waals surface area contributed by atoms with Crippen LogP contribution in [0.1, 0.15) is 30.4 Å². The van der Waals surface area contributed by atoms with Gasteiger partial charge in [0.05, 0.1) is 7.11 Å². The number of hydrogen-bond acceptors (Lipinski definition) is 2. The van der Waals surface area contributed by atoms with Crippen molar-refractivity contribution in [1.29, 1.82) is 0 Å². The molecule has 0 aliphatic rings. The van der Waals surface area contributed by atoms with E-state index in [1.54, 1.807) is 7.11 Å². The lowest BCUT2D eigenvalue weighted by Gasteiger charge is -2.24. The van der Waals surface area contributed by atoms with Crippen LogP contribution in [0.3, 0.4) is 0 Å². The first kappa shape index (κ1) is 15.6. The molecule has 21 heavy (non-hydrogen) atoms. The first-order chi connectivity index (χ1) is 10.2. The molecule has 0 heterocycles. The summed E-state index contributed by atoms with van der Waals surface area (Å²) >= 11 is 0. The molecule has 2 nitrogen and oxygen atoms in total. The number of nitrogens with one attached hydrogen (secondary N) is 1. The highest BCUT2D eigenvalue weighted by Crippen LogP contribution is 2.22. The van der Waals surface area contributed by atoms with Crippen LogP contribution in [0.2, 0.25) is 0 Å². The third-order valence-electron chi connectivity index (χ3n) is 4.20. The van der Waals surface area contributed by atoms with Crippen LogP contribution in [0.4, 0.5) is 0 Å². The Balaban J connectivity index is 1.95. The zero-order valence-corrected chi connectivity index (χ0v) is 13.2. The summed E-state index contributed by atoms with van der Waals surface area (Å²) in [5.41, 5.74) is 2.75. The third-order valence-corrected chi connectivity index (χ3v) is 4.20. The van der Waals surface area contributed by atoms with E-state index in [2.05, 4.69) is 61.8 Å². The van der Waals surface area contributed by atoms with Gasteiger partial charge in [-0.2, -0.15) is 0 Å². The van der Waals surface area contributed by atoms with Crippen molar-refractivity contribution in [2.45, 2.75) is 31.7 Å². The van der Waals surface area contributed by atoms with Crippen molar-refractivity contribution in [2.75, 3.05) is 14.2 Å². The van der Waals surface area contributed by atoms with Gasteiger partial charge in [0, 0.05) is 6.04 Å². The molecule has 0 spiro atoms. The lowest BCUT2D eigenvalue weighted by atomic mass is 9.89. The summed E-state index contributed by atoms with van der Waals surface area (Å²) in [6.45, 7) is 2.30. The molecule has 0 amide bonds. The van der Waals surface area contributed by atoms with Crippen molar-refractivity contribution < 1.29 is 4.74 Å². The van der Waals surface area contributed by atoms with Gasteiger partial charge in [0.1, 0.15) is 5.75 Å². The molecule has 0 aromatic heterocycles. The zero-order chi connectivity index (χ0) is 15.1. The molecule has 1 N–H and O–H groups in total. The van der Waals surface area contributed by atoms with Crippen LogP contribution in [0.25, 0.3) is 0 Å². The standard InChI is InChI=1S/C19H25NO/c1-15(17-7-5-4-6-8-17)19(20-2)14-11-16-9-12-18(21-3)13-10-16/h4-10,12-13,15,19-20H,11,14H2,1-3H3. The van der Waals surface area contributed by atoms with Crippen molar-refractivity contribution in [2.24, 2.45) is 0 Å². The molecule has 2 aromatic rings. The third kappa shape index (κ3) is 4.33. The molecule has 2 heteroatoms. The van der Waals surface area contributed by atoms with Crippen LogP contribution in [-0.2, 0) is 6.42 Å². The monoisotopic (exact) mass is 283 g/mol. The lowest BCUT2D eigenvalue weighted by molar-refractivity contribution is 0.414. The molecule has 2 atom stereocenters. The Morgan fingerprint density at radius 3 is 2.24 bits per heavy atom. The summed E-state index contributed by atoms with van der Waals surface area (Å²) in [6, 6.07) is 19.6. The number of aryl methyl sites for hydroxylation is 1. The summed E-state index contributed by atoms with van der Waals surface area (Å²) in [7, 11) is 3.76. The van der Waals surface area contributed by atoms with Gasteiger partial charge in [-0.15, -0.1) is 0 Å². The van der Waals surface area contributed by atoms with Crippen LogP contribution >= 0.6 is 0 Å². The quantitative estimate of drug-likeness (QED) is 0.828. The Morgan fingerprint density at radius 1 is 1.00 bits per heavy atom. The molecule has 2 rings (SSSR count). The van der Waals surface area contributed by atoms with Crippen molar-refractivity contribution in [3.8, 4) is 5.75 Å². The molecular formula is C19H25NO. The van der Waals surface area contributed by atoms with Gasteiger partial charge in [-0.05, 0) is 49.1 Å². The maximum Gasteiger partial charge on any atom is 0.118 e. The van der Waals surface area contributed by atoms with Crippen LogP contribution < -0.4 is 10.1 Å². The number of ether oxygens (including phenoxy) is 1. The predicted molar refractivity (Wildman–Crippen MR) is 89.0 cm³/mol. The molecular weight excluding hydrogens is 258 g/mol. The second kappa shape index (κ2) is 7.84. The van der Waals surface area contributed by atoms with Crippen molar-refractivity contribution in [1.82, 2.24) is 5.32 Å². The molecule has 0 bridgehead atoms. The summed E-state index contributed by atoms with van der Waals surface area (Å²) in [6.07, 6.45) is 2.20. The highest BCUT2D eigenvalue weighted by molar-refractivity contribution is 5.27. The van der Waals surface area contributed by atoms with Crippen LogP contribution in [0.15, 0.2) is 54.6 Å². The number of methoxy groups -OCH3 is 1. The highest BCUT2D eigenvalue weighted by atomic mass is 16.5. The number of hydrogen-bond donors (Lipinski definition) is 1. The summed E-state index contributed by atoms with van der Waals surface area (Å²) in [5, 5.41) is 3.47. The minimum atomic E-state index is 0.481. The maximum atomic E-state index is 5.20. The minimum Gasteiger partial charge on any atom is -0.497 e. The van der Waals surface area contributed by atoms with E-state index in [-0.39, 0.29) is 0 Å². The largest absolute Gasteiger partial charge is 0.497 e. The molecule has 0 fully saturated rings. The van der Waals surface area contributed by atoms with Crippen LogP contribution in [0, 0.1) is 0 Å². The molecule has 0 radical (unpaired) electrons. The van der Waals surface area contributed by atoms with Crippen molar-refractivity contribution in [3.63, 3.8) is 0 Å². The number of likely N-dealkylation sites (N-methyl/N-ethyl adjacent to an activating group) is 1. The Bertz CT molecular complexity index is 521. The van der Waals surface area contributed by atoms with Gasteiger partial charge in [0.15, 0.2) is 0 Å². The Labute approximate surface area is 128 Å². The normalized spacial score (nSPS) is 13.7. The van der Waals surface area contributed by atoms with Gasteiger partial charge in [-0.25, -0.2) is 0 Å². The molecule has 0 aliphatic carbocycles. The second-order valence-corrected chi connectivity index (χ2v) is 5.48. The predicted octanol–water partition coefficient (Wildman–Crippen LogP) is 4.02. The van der Waals surface area contributed by atoms with E-state index in [0.29, 0.717) is 12.0 Å². The van der Waals surface area contributed by atoms with Gasteiger partial charge in [-0.3, -0.25) is 0 Å². The van der Waals surface area contributed by atoms with Crippen molar-refractivity contribution >= 4 is 0 Å². The Hall–Kier alpha value is -1.80. The molecule has 0 aliphatic heterocycles. The van der Waals surface area contributed by atoms with Crippen LogP contribution in [0.5, 0.6) is 5.75 Å². The highest BCUT2D eigenvalue weighted by Gasteiger charge is 2.16. The van der Waals surface area contributed by atoms with Gasteiger partial charge in [0.25, 0.3) is 0 Å². The van der Waals surface area contributed by atoms with Crippen molar-refractivity contribution in [3.05, 3.63) is 65.7 Å². The lowest BCUT2D eigenvalue weighted by Crippen LogP contribution is -2.31. The number of benzene rings is 2. The molecule has 112 valence electrons. The fourth-order valence-electron chi connectivity index (χ4n) is 2.75. The average molecular weight is 283 g/mol. The van der Waals surface area contributed by atoms with E-state index in [1.165, 1.54) is 11.1 Å². The zero-order valence-electron chi connectivity index (χ0n) is 13.2. The van der Waals surface area contributed by atoms with Gasteiger partial charge >= 0.3 is 0 Å². The minimum absolute atomic E-state index is 0.481. The maximum absolute atomic E-state index is 5.20. The first-order valence-electron chi connectivity index (χ1n) is 7.59. The van der Waals surface area contributed by atoms with E-state index in [4.69, 9.17) is 4.74 Å². The van der Waals surface area contributed by atoms with Gasteiger partial charge in [0.2, 0.25) is 0 Å². The average Bonchev–Trinajstić information content (AvgIpc) is 2.56. The number of rotatable bonds is 7. The molecule has 0 saturated carbocycles. The molecule has 0 saturated heterocycles. The van der Waals surface area contributed by atoms with E-state index >= 15 is 0 Å². The first-order valence-corrected chi connectivity index (χ1v) is 7.59.